The number of hydrogen-bond acceptors (Lipinski definition) is 6. The first-order chi connectivity index (χ1) is 10.9. The van der Waals surface area contributed by atoms with Crippen LogP contribution in [0.3, 0.4) is 0 Å². The zero-order chi connectivity index (χ0) is 17.0. The lowest BCUT2D eigenvalue weighted by molar-refractivity contribution is -0.394. The van der Waals surface area contributed by atoms with Gasteiger partial charge in [0.05, 0.1) is 33.1 Å². The number of carbonyl (C=O) groups is 1. The second-order valence-electron chi connectivity index (χ2n) is 4.40. The molecule has 9 nitrogen and oxygen atoms in total. The molecule has 2 aromatic rings. The lowest BCUT2D eigenvalue weighted by Gasteiger charge is -2.05. The number of non-ortho nitro benzene ring substituents is 2. The van der Waals surface area contributed by atoms with Gasteiger partial charge in [-0.2, -0.15) is 5.26 Å². The Morgan fingerprint density at radius 1 is 1.00 bits per heavy atom. The van der Waals surface area contributed by atoms with Crippen LogP contribution in [0.5, 0.6) is 0 Å². The molecule has 0 heterocycles. The normalized spacial score (nSPS) is 9.70. The molecule has 1 amide bonds. The van der Waals surface area contributed by atoms with Crippen molar-refractivity contribution in [3.63, 3.8) is 0 Å². The molecule has 0 aromatic heterocycles. The SMILES string of the molecule is N#Cc1ccc(NC(=O)c2cc([N+](=O)[O-])cc([N+](=O)[O-])c2)cc1. The minimum atomic E-state index is -0.814. The van der Waals surface area contributed by atoms with Gasteiger partial charge in [0, 0.05) is 17.8 Å². The van der Waals surface area contributed by atoms with Gasteiger partial charge in [-0.1, -0.05) is 0 Å². The summed E-state index contributed by atoms with van der Waals surface area (Å²) >= 11 is 0. The summed E-state index contributed by atoms with van der Waals surface area (Å²) in [4.78, 5) is 32.1. The first kappa shape index (κ1) is 15.6. The fourth-order valence-electron chi connectivity index (χ4n) is 1.77. The minimum absolute atomic E-state index is 0.213. The number of nitro benzene ring substituents is 2. The predicted octanol–water partition coefficient (Wildman–Crippen LogP) is 2.63. The molecule has 0 unspecified atom stereocenters. The van der Waals surface area contributed by atoms with Gasteiger partial charge < -0.3 is 5.32 Å². The lowest BCUT2D eigenvalue weighted by Crippen LogP contribution is -2.12. The monoisotopic (exact) mass is 312 g/mol. The Hall–Kier alpha value is -3.80. The number of nitro groups is 2. The molecule has 0 radical (unpaired) electrons. The van der Waals surface area contributed by atoms with E-state index in [1.807, 2.05) is 6.07 Å². The maximum atomic E-state index is 12.1. The van der Waals surface area contributed by atoms with Crippen LogP contribution in [0.1, 0.15) is 15.9 Å². The smallest absolute Gasteiger partial charge is 0.277 e. The summed E-state index contributed by atoms with van der Waals surface area (Å²) < 4.78 is 0. The van der Waals surface area contributed by atoms with E-state index < -0.39 is 27.1 Å². The van der Waals surface area contributed by atoms with Crippen molar-refractivity contribution >= 4 is 23.0 Å². The van der Waals surface area contributed by atoms with Crippen LogP contribution in [-0.2, 0) is 0 Å². The summed E-state index contributed by atoms with van der Waals surface area (Å²) in [5.74, 6) is -0.735. The van der Waals surface area contributed by atoms with Crippen molar-refractivity contribution in [2.24, 2.45) is 0 Å². The fourth-order valence-corrected chi connectivity index (χ4v) is 1.77. The largest absolute Gasteiger partial charge is 0.322 e. The van der Waals surface area contributed by atoms with Gasteiger partial charge in [-0.15, -0.1) is 0 Å². The zero-order valence-electron chi connectivity index (χ0n) is 11.4. The maximum Gasteiger partial charge on any atom is 0.277 e. The number of benzene rings is 2. The van der Waals surface area contributed by atoms with Crippen LogP contribution < -0.4 is 5.32 Å². The summed E-state index contributed by atoms with van der Waals surface area (Å²) in [6.45, 7) is 0. The van der Waals surface area contributed by atoms with E-state index in [0.717, 1.165) is 18.2 Å². The molecular formula is C14H8N4O5. The molecule has 114 valence electrons. The second-order valence-corrected chi connectivity index (χ2v) is 4.40. The topological polar surface area (TPSA) is 139 Å². The summed E-state index contributed by atoms with van der Waals surface area (Å²) in [7, 11) is 0. The van der Waals surface area contributed by atoms with Crippen molar-refractivity contribution in [3.05, 3.63) is 73.8 Å². The molecule has 23 heavy (non-hydrogen) atoms. The Morgan fingerprint density at radius 3 is 1.96 bits per heavy atom. The highest BCUT2D eigenvalue weighted by molar-refractivity contribution is 6.05. The molecule has 1 N–H and O–H groups in total. The molecule has 9 heteroatoms. The molecule has 0 bridgehead atoms. The summed E-state index contributed by atoms with van der Waals surface area (Å²) in [6, 6.07) is 10.5. The highest BCUT2D eigenvalue weighted by Gasteiger charge is 2.19. The first-order valence-electron chi connectivity index (χ1n) is 6.16. The summed E-state index contributed by atoms with van der Waals surface area (Å²) in [5.41, 5.74) is -0.569. The van der Waals surface area contributed by atoms with E-state index in [2.05, 4.69) is 5.32 Å². The number of nitriles is 1. The van der Waals surface area contributed by atoms with E-state index in [0.29, 0.717) is 11.3 Å². The summed E-state index contributed by atoms with van der Waals surface area (Å²) in [6.07, 6.45) is 0. The van der Waals surface area contributed by atoms with Gasteiger partial charge in [0.1, 0.15) is 0 Å². The quantitative estimate of drug-likeness (QED) is 0.679. The van der Waals surface area contributed by atoms with Crippen molar-refractivity contribution in [3.8, 4) is 6.07 Å². The standard InChI is InChI=1S/C14H8N4O5/c15-8-9-1-3-11(4-2-9)16-14(19)10-5-12(17(20)21)7-13(6-10)18(22)23/h1-7H,(H,16,19). The van der Waals surface area contributed by atoms with Crippen LogP contribution in [0.2, 0.25) is 0 Å². The van der Waals surface area contributed by atoms with E-state index in [9.17, 15) is 25.0 Å². The molecule has 0 aliphatic heterocycles. The Morgan fingerprint density at radius 2 is 1.52 bits per heavy atom. The molecule has 0 spiro atoms. The van der Waals surface area contributed by atoms with Crippen molar-refractivity contribution in [1.82, 2.24) is 0 Å². The number of hydrogen-bond donors (Lipinski definition) is 1. The number of rotatable bonds is 4. The van der Waals surface area contributed by atoms with E-state index in [-0.39, 0.29) is 5.56 Å². The van der Waals surface area contributed by atoms with E-state index in [1.165, 1.54) is 24.3 Å². The van der Waals surface area contributed by atoms with Gasteiger partial charge in [0.25, 0.3) is 17.3 Å². The minimum Gasteiger partial charge on any atom is -0.322 e. The van der Waals surface area contributed by atoms with Gasteiger partial charge in [0.2, 0.25) is 0 Å². The zero-order valence-corrected chi connectivity index (χ0v) is 11.4. The Bertz CT molecular complexity index is 807. The van der Waals surface area contributed by atoms with Crippen molar-refractivity contribution in [1.29, 1.82) is 5.26 Å². The lowest BCUT2D eigenvalue weighted by atomic mass is 10.1. The van der Waals surface area contributed by atoms with Crippen LogP contribution >= 0.6 is 0 Å². The molecule has 0 fully saturated rings. The second kappa shape index (κ2) is 6.31. The van der Waals surface area contributed by atoms with Crippen molar-refractivity contribution in [2.75, 3.05) is 5.32 Å². The first-order valence-corrected chi connectivity index (χ1v) is 6.16. The molecule has 2 aromatic carbocycles. The number of nitrogens with zero attached hydrogens (tertiary/aromatic N) is 3. The fraction of sp³-hybridized carbons (Fsp3) is 0. The molecule has 0 aliphatic rings. The van der Waals surface area contributed by atoms with Crippen LogP contribution in [0.15, 0.2) is 42.5 Å². The Labute approximate surface area is 129 Å². The molecule has 0 atom stereocenters. The molecule has 2 rings (SSSR count). The molecule has 0 saturated heterocycles. The van der Waals surface area contributed by atoms with Crippen LogP contribution in [0.25, 0.3) is 0 Å². The van der Waals surface area contributed by atoms with E-state index >= 15 is 0 Å². The van der Waals surface area contributed by atoms with Gasteiger partial charge in [0.15, 0.2) is 0 Å². The number of nitrogens with one attached hydrogen (secondary N) is 1. The van der Waals surface area contributed by atoms with Crippen LogP contribution in [0.4, 0.5) is 17.1 Å². The van der Waals surface area contributed by atoms with Crippen molar-refractivity contribution < 1.29 is 14.6 Å². The predicted molar refractivity (Wildman–Crippen MR) is 78.9 cm³/mol. The van der Waals surface area contributed by atoms with Gasteiger partial charge >= 0.3 is 0 Å². The Balaban J connectivity index is 2.32. The molecule has 0 saturated carbocycles. The maximum absolute atomic E-state index is 12.1. The van der Waals surface area contributed by atoms with Crippen molar-refractivity contribution in [2.45, 2.75) is 0 Å². The molecular weight excluding hydrogens is 304 g/mol. The van der Waals surface area contributed by atoms with Gasteiger partial charge in [-0.25, -0.2) is 0 Å². The van der Waals surface area contributed by atoms with E-state index in [1.54, 1.807) is 0 Å². The third-order valence-corrected chi connectivity index (χ3v) is 2.86. The number of anilines is 1. The average Bonchev–Trinajstić information content (AvgIpc) is 2.55. The highest BCUT2D eigenvalue weighted by atomic mass is 16.6. The van der Waals surface area contributed by atoms with Crippen LogP contribution in [0, 0.1) is 31.6 Å². The number of amides is 1. The van der Waals surface area contributed by atoms with Gasteiger partial charge in [-0.3, -0.25) is 25.0 Å². The third-order valence-electron chi connectivity index (χ3n) is 2.86. The Kier molecular flexibility index (Phi) is 4.28. The van der Waals surface area contributed by atoms with Crippen LogP contribution in [-0.4, -0.2) is 15.8 Å². The third kappa shape index (κ3) is 3.64. The number of carbonyl (C=O) groups excluding carboxylic acids is 1. The van der Waals surface area contributed by atoms with E-state index in [4.69, 9.17) is 5.26 Å². The highest BCUT2D eigenvalue weighted by Crippen LogP contribution is 2.23. The molecule has 0 aliphatic carbocycles. The van der Waals surface area contributed by atoms with Gasteiger partial charge in [-0.05, 0) is 24.3 Å². The summed E-state index contributed by atoms with van der Waals surface area (Å²) in [5, 5.41) is 32.7. The average molecular weight is 312 g/mol.